The topological polar surface area (TPSA) is 40.1 Å². The summed E-state index contributed by atoms with van der Waals surface area (Å²) in [6.45, 7) is 3.24. The third kappa shape index (κ3) is 2.38. The number of hydrogen-bond donors (Lipinski definition) is 2. The Labute approximate surface area is 109 Å². The lowest BCUT2D eigenvalue weighted by Gasteiger charge is -2.33. The molecule has 0 amide bonds. The first kappa shape index (κ1) is 12.0. The van der Waals surface area contributed by atoms with Crippen molar-refractivity contribution in [2.45, 2.75) is 37.8 Å². The molecule has 2 saturated heterocycles. The van der Waals surface area contributed by atoms with Gasteiger partial charge in [-0.1, -0.05) is 18.2 Å². The molecule has 2 aliphatic heterocycles. The molecule has 18 heavy (non-hydrogen) atoms. The van der Waals surface area contributed by atoms with Crippen molar-refractivity contribution in [3.63, 3.8) is 0 Å². The Morgan fingerprint density at radius 2 is 1.89 bits per heavy atom. The quantitative estimate of drug-likeness (QED) is 0.820. The van der Waals surface area contributed by atoms with Crippen molar-refractivity contribution in [1.82, 2.24) is 0 Å². The van der Waals surface area contributed by atoms with Gasteiger partial charge in [-0.3, -0.25) is 0 Å². The van der Waals surface area contributed by atoms with E-state index in [2.05, 4.69) is 34.5 Å². The maximum atomic E-state index is 9.62. The van der Waals surface area contributed by atoms with Crippen LogP contribution in [0.2, 0.25) is 0 Å². The summed E-state index contributed by atoms with van der Waals surface area (Å²) in [5.41, 5.74) is 2.89. The fraction of sp³-hybridized carbons (Fsp3) is 0.600. The first-order valence-corrected chi connectivity index (χ1v) is 7.20. The molecule has 0 aromatic heterocycles. The molecule has 3 rings (SSSR count). The number of rotatable bonds is 2. The van der Waals surface area contributed by atoms with Crippen molar-refractivity contribution in [1.29, 1.82) is 0 Å². The Bertz CT molecular complexity index is 393. The van der Waals surface area contributed by atoms with Gasteiger partial charge in [-0.25, -0.2) is 0 Å². The molecule has 0 saturated carbocycles. The summed E-state index contributed by atoms with van der Waals surface area (Å²) in [5.74, 6) is 0. The molecule has 0 radical (unpaired) electrons. The average molecular weight is 247 g/mol. The van der Waals surface area contributed by atoms with Gasteiger partial charge in [-0.05, 0) is 18.9 Å². The van der Waals surface area contributed by atoms with Gasteiger partial charge in [0.2, 0.25) is 0 Å². The summed E-state index contributed by atoms with van der Waals surface area (Å²) < 4.78 is 0. The zero-order valence-corrected chi connectivity index (χ0v) is 10.9. The summed E-state index contributed by atoms with van der Waals surface area (Å²) >= 11 is 0. The van der Waals surface area contributed by atoms with E-state index in [1.165, 1.54) is 30.6 Å². The van der Waals surface area contributed by atoms with Crippen LogP contribution < -0.4 is 10.2 Å². The number of nitrogens with two attached hydrogens (primary N) is 1. The molecule has 1 unspecified atom stereocenters. The molecule has 1 aromatic carbocycles. The molecule has 98 valence electrons. The van der Waals surface area contributed by atoms with Crippen molar-refractivity contribution in [3.05, 3.63) is 29.8 Å². The molecule has 0 spiro atoms. The monoisotopic (exact) mass is 247 g/mol. The highest BCUT2D eigenvalue weighted by Gasteiger charge is 2.26. The maximum Gasteiger partial charge on any atom is 0.114 e. The second-order valence-corrected chi connectivity index (χ2v) is 5.55. The minimum absolute atomic E-state index is 0.0912. The molecule has 3 N–H and O–H groups in total. The summed E-state index contributed by atoms with van der Waals surface area (Å²) in [7, 11) is 0. The number of quaternary nitrogens is 1. The van der Waals surface area contributed by atoms with E-state index in [9.17, 15) is 5.11 Å². The van der Waals surface area contributed by atoms with Gasteiger partial charge in [0, 0.05) is 37.2 Å². The standard InChI is InChI=1S/C15H22N2O/c18-12-7-10-17(11-8-12)15-6-2-1-4-13(15)14-5-3-9-16-14/h1-2,4,6,12,14,16,18H,3,5,7-11H2/p+1. The number of aliphatic hydroxyl groups excluding tert-OH is 1. The smallest absolute Gasteiger partial charge is 0.114 e. The second-order valence-electron chi connectivity index (χ2n) is 5.55. The fourth-order valence-electron chi connectivity index (χ4n) is 3.25. The fourth-order valence-corrected chi connectivity index (χ4v) is 3.25. The molecule has 0 aliphatic carbocycles. The first-order valence-electron chi connectivity index (χ1n) is 7.20. The molecule has 1 aromatic rings. The van der Waals surface area contributed by atoms with Crippen LogP contribution in [0.1, 0.15) is 37.3 Å². The zero-order valence-electron chi connectivity index (χ0n) is 10.9. The van der Waals surface area contributed by atoms with E-state index in [-0.39, 0.29) is 6.10 Å². The van der Waals surface area contributed by atoms with Crippen molar-refractivity contribution < 1.29 is 10.4 Å². The Kier molecular flexibility index (Phi) is 3.52. The van der Waals surface area contributed by atoms with E-state index in [0.717, 1.165) is 25.9 Å². The van der Waals surface area contributed by atoms with Crippen LogP contribution in [0, 0.1) is 0 Å². The number of piperidine rings is 1. The Morgan fingerprint density at radius 1 is 1.11 bits per heavy atom. The van der Waals surface area contributed by atoms with Crippen LogP contribution in [0.25, 0.3) is 0 Å². The molecule has 2 aliphatic rings. The second kappa shape index (κ2) is 5.29. The third-order valence-electron chi connectivity index (χ3n) is 4.31. The molecule has 3 nitrogen and oxygen atoms in total. The lowest BCUT2D eigenvalue weighted by molar-refractivity contribution is -0.676. The molecule has 2 heterocycles. The van der Waals surface area contributed by atoms with Crippen LogP contribution in [0.5, 0.6) is 0 Å². The Morgan fingerprint density at radius 3 is 2.61 bits per heavy atom. The number of para-hydroxylation sites is 1. The number of anilines is 1. The lowest BCUT2D eigenvalue weighted by Crippen LogP contribution is -2.81. The van der Waals surface area contributed by atoms with Crippen molar-refractivity contribution in [2.24, 2.45) is 0 Å². The van der Waals surface area contributed by atoms with Gasteiger partial charge in [0.25, 0.3) is 0 Å². The number of benzene rings is 1. The highest BCUT2D eigenvalue weighted by molar-refractivity contribution is 5.55. The Balaban J connectivity index is 1.82. The minimum atomic E-state index is -0.0912. The molecular weight excluding hydrogens is 224 g/mol. The molecular formula is C15H23N2O+. The predicted octanol–water partition coefficient (Wildman–Crippen LogP) is 1.05. The average Bonchev–Trinajstić information content (AvgIpc) is 2.93. The largest absolute Gasteiger partial charge is 0.393 e. The number of hydrogen-bond acceptors (Lipinski definition) is 2. The molecule has 1 atom stereocenters. The highest BCUT2D eigenvalue weighted by Crippen LogP contribution is 2.30. The number of nitrogens with zero attached hydrogens (tertiary/aromatic N) is 1. The minimum Gasteiger partial charge on any atom is -0.393 e. The van der Waals surface area contributed by atoms with E-state index in [1.807, 2.05) is 0 Å². The summed E-state index contributed by atoms with van der Waals surface area (Å²) in [6, 6.07) is 9.47. The predicted molar refractivity (Wildman–Crippen MR) is 72.7 cm³/mol. The van der Waals surface area contributed by atoms with Gasteiger partial charge in [0.15, 0.2) is 0 Å². The SMILES string of the molecule is OC1CCN(c2ccccc2C2CCC[NH2+]2)CC1. The summed E-state index contributed by atoms with van der Waals surface area (Å²) in [6.07, 6.45) is 4.35. The van der Waals surface area contributed by atoms with Crippen molar-refractivity contribution in [3.8, 4) is 0 Å². The number of aliphatic hydroxyl groups is 1. The summed E-state index contributed by atoms with van der Waals surface area (Å²) in [4.78, 5) is 2.45. The van der Waals surface area contributed by atoms with Crippen LogP contribution >= 0.6 is 0 Å². The zero-order chi connectivity index (χ0) is 12.4. The normalized spacial score (nSPS) is 25.6. The molecule has 2 fully saturated rings. The van der Waals surface area contributed by atoms with E-state index in [1.54, 1.807) is 0 Å². The van der Waals surface area contributed by atoms with Crippen LogP contribution in [0.4, 0.5) is 5.69 Å². The van der Waals surface area contributed by atoms with E-state index >= 15 is 0 Å². The summed E-state index contributed by atoms with van der Waals surface area (Å²) in [5, 5.41) is 12.1. The van der Waals surface area contributed by atoms with E-state index in [4.69, 9.17) is 0 Å². The van der Waals surface area contributed by atoms with Gasteiger partial charge < -0.3 is 15.3 Å². The third-order valence-corrected chi connectivity index (χ3v) is 4.31. The Hall–Kier alpha value is -1.06. The molecule has 3 heteroatoms. The van der Waals surface area contributed by atoms with Gasteiger partial charge in [-0.2, -0.15) is 0 Å². The van der Waals surface area contributed by atoms with Gasteiger partial charge >= 0.3 is 0 Å². The molecule has 0 bridgehead atoms. The lowest BCUT2D eigenvalue weighted by atomic mass is 10.00. The highest BCUT2D eigenvalue weighted by atomic mass is 16.3. The van der Waals surface area contributed by atoms with Gasteiger partial charge in [0.1, 0.15) is 6.04 Å². The van der Waals surface area contributed by atoms with E-state index < -0.39 is 0 Å². The van der Waals surface area contributed by atoms with Crippen LogP contribution in [0.3, 0.4) is 0 Å². The van der Waals surface area contributed by atoms with Crippen LogP contribution in [-0.2, 0) is 0 Å². The first-order chi connectivity index (χ1) is 8.84. The van der Waals surface area contributed by atoms with Crippen LogP contribution in [-0.4, -0.2) is 30.8 Å². The maximum absolute atomic E-state index is 9.62. The van der Waals surface area contributed by atoms with Crippen LogP contribution in [0.15, 0.2) is 24.3 Å². The van der Waals surface area contributed by atoms with Crippen molar-refractivity contribution >= 4 is 5.69 Å². The van der Waals surface area contributed by atoms with Crippen molar-refractivity contribution in [2.75, 3.05) is 24.5 Å². The van der Waals surface area contributed by atoms with E-state index in [0.29, 0.717) is 6.04 Å². The van der Waals surface area contributed by atoms with Gasteiger partial charge in [0.05, 0.1) is 12.6 Å². The van der Waals surface area contributed by atoms with Gasteiger partial charge in [-0.15, -0.1) is 0 Å².